The minimum atomic E-state index is 0.0363. The minimum Gasteiger partial charge on any atom is -0.369 e. The van der Waals surface area contributed by atoms with E-state index in [9.17, 15) is 4.79 Å². The summed E-state index contributed by atoms with van der Waals surface area (Å²) in [6.45, 7) is 9.83. The molecule has 4 nitrogen and oxygen atoms in total. The number of anilines is 2. The third kappa shape index (κ3) is 4.84. The van der Waals surface area contributed by atoms with E-state index in [4.69, 9.17) is 0 Å². The van der Waals surface area contributed by atoms with Crippen LogP contribution in [0.5, 0.6) is 0 Å². The van der Waals surface area contributed by atoms with Gasteiger partial charge in [-0.3, -0.25) is 4.79 Å². The Morgan fingerprint density at radius 2 is 1.79 bits per heavy atom. The maximum Gasteiger partial charge on any atom is 0.265 e. The van der Waals surface area contributed by atoms with E-state index in [1.54, 1.807) is 11.3 Å². The number of carbonyl (C=O) groups is 1. The first kappa shape index (κ1) is 20.4. The summed E-state index contributed by atoms with van der Waals surface area (Å²) in [4.78, 5) is 20.1. The van der Waals surface area contributed by atoms with Crippen LogP contribution in [0.2, 0.25) is 0 Å². The van der Waals surface area contributed by atoms with Gasteiger partial charge in [0.25, 0.3) is 5.91 Å². The zero-order valence-electron chi connectivity index (χ0n) is 17.8. The van der Waals surface area contributed by atoms with Crippen LogP contribution in [0.1, 0.15) is 58.3 Å². The summed E-state index contributed by atoms with van der Waals surface area (Å²) in [5.74, 6) is 0.0363. The lowest BCUT2D eigenvalue weighted by molar-refractivity contribution is 0.103. The molecule has 0 unspecified atom stereocenters. The fourth-order valence-electron chi connectivity index (χ4n) is 4.45. The topological polar surface area (TPSA) is 35.6 Å². The van der Waals surface area contributed by atoms with Crippen molar-refractivity contribution >= 4 is 28.6 Å². The lowest BCUT2D eigenvalue weighted by Gasteiger charge is -2.35. The number of hydrogen-bond donors (Lipinski definition) is 1. The van der Waals surface area contributed by atoms with Gasteiger partial charge in [0.15, 0.2) is 0 Å². The molecule has 1 aromatic carbocycles. The van der Waals surface area contributed by atoms with Gasteiger partial charge in [-0.2, -0.15) is 0 Å². The molecular weight excluding hydrogens is 378 g/mol. The van der Waals surface area contributed by atoms with Crippen molar-refractivity contribution in [1.29, 1.82) is 0 Å². The van der Waals surface area contributed by atoms with Crippen LogP contribution in [0.4, 0.5) is 11.4 Å². The fraction of sp³-hybridized carbons (Fsp3) is 0.542. The van der Waals surface area contributed by atoms with Gasteiger partial charge in [-0.25, -0.2) is 0 Å². The molecule has 4 rings (SSSR count). The molecule has 0 spiro atoms. The number of nitrogens with zero attached hydrogens (tertiary/aromatic N) is 2. The molecule has 2 aromatic rings. The number of likely N-dealkylation sites (N-methyl/N-ethyl adjacent to an activating group) is 1. The molecule has 1 N–H and O–H groups in total. The number of hydrogen-bond acceptors (Lipinski definition) is 4. The van der Waals surface area contributed by atoms with Gasteiger partial charge in [-0.05, 0) is 74.5 Å². The molecule has 156 valence electrons. The lowest BCUT2D eigenvalue weighted by Crippen LogP contribution is -2.46. The second kappa shape index (κ2) is 9.31. The average Bonchev–Trinajstić information content (AvgIpc) is 3.11. The van der Waals surface area contributed by atoms with Crippen molar-refractivity contribution in [2.75, 3.05) is 42.9 Å². The average molecular weight is 412 g/mol. The van der Waals surface area contributed by atoms with E-state index in [1.807, 2.05) is 0 Å². The predicted octanol–water partition coefficient (Wildman–Crippen LogP) is 5.11. The molecule has 1 fully saturated rings. The van der Waals surface area contributed by atoms with Gasteiger partial charge < -0.3 is 15.1 Å². The molecule has 1 aliphatic carbocycles. The summed E-state index contributed by atoms with van der Waals surface area (Å²) in [5.41, 5.74) is 4.71. The Hall–Kier alpha value is -1.85. The smallest absolute Gasteiger partial charge is 0.265 e. The quantitative estimate of drug-likeness (QED) is 0.759. The maximum absolute atomic E-state index is 12.9. The van der Waals surface area contributed by atoms with Crippen molar-refractivity contribution in [3.05, 3.63) is 45.1 Å². The van der Waals surface area contributed by atoms with E-state index in [1.165, 1.54) is 41.8 Å². The molecule has 1 amide bonds. The van der Waals surface area contributed by atoms with Gasteiger partial charge in [0.05, 0.1) is 4.88 Å². The van der Waals surface area contributed by atoms with Crippen LogP contribution < -0.4 is 10.2 Å². The number of benzene rings is 1. The highest BCUT2D eigenvalue weighted by molar-refractivity contribution is 7.14. The molecular formula is C24H33N3OS. The van der Waals surface area contributed by atoms with Crippen LogP contribution >= 0.6 is 11.3 Å². The minimum absolute atomic E-state index is 0.0363. The van der Waals surface area contributed by atoms with Gasteiger partial charge in [0.2, 0.25) is 0 Å². The number of amides is 1. The van der Waals surface area contributed by atoms with Crippen LogP contribution in [0.3, 0.4) is 0 Å². The molecule has 2 heterocycles. The third-order valence-electron chi connectivity index (χ3n) is 6.36. The summed E-state index contributed by atoms with van der Waals surface area (Å²) in [7, 11) is 0. The molecule has 0 atom stereocenters. The van der Waals surface area contributed by atoms with Crippen molar-refractivity contribution < 1.29 is 4.79 Å². The van der Waals surface area contributed by atoms with E-state index < -0.39 is 0 Å². The normalized spacial score (nSPS) is 18.1. The number of carbonyl (C=O) groups excluding carboxylic acids is 1. The summed E-state index contributed by atoms with van der Waals surface area (Å²) < 4.78 is 0. The molecule has 0 bridgehead atoms. The van der Waals surface area contributed by atoms with Crippen molar-refractivity contribution in [2.24, 2.45) is 0 Å². The molecule has 2 aliphatic rings. The number of thiophene rings is 1. The second-order valence-electron chi connectivity index (χ2n) is 8.35. The number of rotatable bonds is 4. The first-order valence-corrected chi connectivity index (χ1v) is 12.0. The van der Waals surface area contributed by atoms with E-state index in [2.05, 4.69) is 53.2 Å². The van der Waals surface area contributed by atoms with Crippen molar-refractivity contribution in [2.45, 2.75) is 52.4 Å². The summed E-state index contributed by atoms with van der Waals surface area (Å²) in [6.07, 6.45) is 7.39. The van der Waals surface area contributed by atoms with Crippen LogP contribution in [0.15, 0.2) is 24.3 Å². The SMILES string of the molecule is CCN1CCN(c2ccc(NC(=O)c3cc4c(s3)CCCCCC4)c(C)c2)CC1. The van der Waals surface area contributed by atoms with Gasteiger partial charge in [0, 0.05) is 42.4 Å². The van der Waals surface area contributed by atoms with E-state index in [-0.39, 0.29) is 5.91 Å². The first-order chi connectivity index (χ1) is 14.1. The summed E-state index contributed by atoms with van der Waals surface area (Å²) in [5, 5.41) is 3.16. The Bertz CT molecular complexity index is 826. The van der Waals surface area contributed by atoms with Crippen LogP contribution in [0.25, 0.3) is 0 Å². The summed E-state index contributed by atoms with van der Waals surface area (Å²) in [6, 6.07) is 8.57. The van der Waals surface area contributed by atoms with Crippen LogP contribution in [-0.4, -0.2) is 43.5 Å². The Labute approximate surface area is 178 Å². The summed E-state index contributed by atoms with van der Waals surface area (Å²) >= 11 is 1.69. The highest BCUT2D eigenvalue weighted by Gasteiger charge is 2.18. The third-order valence-corrected chi connectivity index (χ3v) is 7.60. The maximum atomic E-state index is 12.9. The Morgan fingerprint density at radius 3 is 2.52 bits per heavy atom. The van der Waals surface area contributed by atoms with Gasteiger partial charge in [-0.15, -0.1) is 11.3 Å². The number of aryl methyl sites for hydroxylation is 3. The number of nitrogens with one attached hydrogen (secondary N) is 1. The molecule has 0 saturated carbocycles. The molecule has 1 aromatic heterocycles. The first-order valence-electron chi connectivity index (χ1n) is 11.1. The zero-order chi connectivity index (χ0) is 20.2. The van der Waals surface area contributed by atoms with Crippen molar-refractivity contribution in [1.82, 2.24) is 4.90 Å². The molecule has 29 heavy (non-hydrogen) atoms. The van der Waals surface area contributed by atoms with E-state index >= 15 is 0 Å². The monoisotopic (exact) mass is 411 g/mol. The van der Waals surface area contributed by atoms with Crippen molar-refractivity contribution in [3.8, 4) is 0 Å². The van der Waals surface area contributed by atoms with E-state index in [0.29, 0.717) is 0 Å². The highest BCUT2D eigenvalue weighted by atomic mass is 32.1. The zero-order valence-corrected chi connectivity index (χ0v) is 18.6. The molecule has 1 saturated heterocycles. The van der Waals surface area contributed by atoms with Crippen molar-refractivity contribution in [3.63, 3.8) is 0 Å². The molecule has 1 aliphatic heterocycles. The standard InChI is InChI=1S/C24H33N3OS/c1-3-26-12-14-27(15-13-26)20-10-11-21(18(2)16-20)25-24(28)23-17-19-8-6-4-5-7-9-22(19)29-23/h10-11,16-17H,3-9,12-15H2,1-2H3,(H,25,28). The Balaban J connectivity index is 1.43. The van der Waals surface area contributed by atoms with E-state index in [0.717, 1.165) is 61.7 Å². The molecule has 0 radical (unpaired) electrons. The fourth-order valence-corrected chi connectivity index (χ4v) is 5.60. The molecule has 5 heteroatoms. The highest BCUT2D eigenvalue weighted by Crippen LogP contribution is 2.30. The van der Waals surface area contributed by atoms with Gasteiger partial charge in [0.1, 0.15) is 0 Å². The number of piperazine rings is 1. The lowest BCUT2D eigenvalue weighted by atomic mass is 10.00. The number of fused-ring (bicyclic) bond motifs is 1. The predicted molar refractivity (Wildman–Crippen MR) is 124 cm³/mol. The van der Waals surface area contributed by atoms with Gasteiger partial charge in [-0.1, -0.05) is 19.8 Å². The van der Waals surface area contributed by atoms with Gasteiger partial charge >= 0.3 is 0 Å². The van der Waals surface area contributed by atoms with Crippen LogP contribution in [-0.2, 0) is 12.8 Å². The Morgan fingerprint density at radius 1 is 1.03 bits per heavy atom. The van der Waals surface area contributed by atoms with Crippen LogP contribution in [0, 0.1) is 6.92 Å². The largest absolute Gasteiger partial charge is 0.369 e. The second-order valence-corrected chi connectivity index (χ2v) is 9.48. The Kier molecular flexibility index (Phi) is 6.56.